The summed E-state index contributed by atoms with van der Waals surface area (Å²) in [5.74, 6) is -0.621. The highest BCUT2D eigenvalue weighted by Crippen LogP contribution is 2.28. The Morgan fingerprint density at radius 3 is 2.33 bits per heavy atom. The number of hydrogen-bond donors (Lipinski definition) is 1. The molecule has 5 heteroatoms. The maximum Gasteiger partial charge on any atom is 0.320 e. The van der Waals surface area contributed by atoms with Gasteiger partial charge in [-0.15, -0.1) is 0 Å². The van der Waals surface area contributed by atoms with E-state index in [1.807, 2.05) is 0 Å². The molecule has 0 saturated carbocycles. The van der Waals surface area contributed by atoms with E-state index in [1.165, 1.54) is 25.9 Å². The lowest BCUT2D eigenvalue weighted by molar-refractivity contribution is -0.143. The van der Waals surface area contributed by atoms with Crippen molar-refractivity contribution in [3.05, 3.63) is 0 Å². The van der Waals surface area contributed by atoms with Crippen molar-refractivity contribution in [3.8, 4) is 0 Å². The van der Waals surface area contributed by atoms with Gasteiger partial charge in [-0.3, -0.25) is 14.6 Å². The Morgan fingerprint density at radius 2 is 1.67 bits per heavy atom. The second-order valence-corrected chi connectivity index (χ2v) is 7.06. The number of likely N-dealkylation sites (tertiary alicyclic amines) is 3. The van der Waals surface area contributed by atoms with E-state index < -0.39 is 5.97 Å². The summed E-state index contributed by atoms with van der Waals surface area (Å²) >= 11 is 0. The molecule has 0 spiro atoms. The van der Waals surface area contributed by atoms with Crippen molar-refractivity contribution < 1.29 is 9.90 Å². The third-order valence-electron chi connectivity index (χ3n) is 5.66. The van der Waals surface area contributed by atoms with Crippen LogP contribution in [-0.4, -0.2) is 83.7 Å². The molecule has 3 aliphatic heterocycles. The van der Waals surface area contributed by atoms with Crippen LogP contribution in [0.25, 0.3) is 0 Å². The topological polar surface area (TPSA) is 47.0 Å². The molecular formula is C16H29N3O2. The fourth-order valence-corrected chi connectivity index (χ4v) is 4.51. The van der Waals surface area contributed by atoms with Crippen LogP contribution in [0.3, 0.4) is 0 Å². The predicted molar refractivity (Wildman–Crippen MR) is 82.5 cm³/mol. The lowest BCUT2D eigenvalue weighted by atomic mass is 9.97. The van der Waals surface area contributed by atoms with Crippen LogP contribution >= 0.6 is 0 Å². The van der Waals surface area contributed by atoms with Gasteiger partial charge < -0.3 is 10.0 Å². The zero-order valence-corrected chi connectivity index (χ0v) is 13.2. The molecule has 120 valence electrons. The molecule has 2 unspecified atom stereocenters. The fraction of sp³-hybridized carbons (Fsp3) is 0.938. The van der Waals surface area contributed by atoms with Crippen LogP contribution in [0.4, 0.5) is 0 Å². The van der Waals surface area contributed by atoms with Gasteiger partial charge in [0.25, 0.3) is 0 Å². The van der Waals surface area contributed by atoms with Gasteiger partial charge in [0.05, 0.1) is 0 Å². The van der Waals surface area contributed by atoms with E-state index in [1.54, 1.807) is 0 Å². The van der Waals surface area contributed by atoms with Gasteiger partial charge >= 0.3 is 5.97 Å². The van der Waals surface area contributed by atoms with Crippen LogP contribution in [0.15, 0.2) is 0 Å². The molecule has 21 heavy (non-hydrogen) atoms. The molecule has 3 rings (SSSR count). The van der Waals surface area contributed by atoms with Crippen LogP contribution in [-0.2, 0) is 4.79 Å². The lowest BCUT2D eigenvalue weighted by Gasteiger charge is -2.44. The number of likely N-dealkylation sites (N-methyl/N-ethyl adjacent to an activating group) is 1. The molecule has 0 radical (unpaired) electrons. The molecule has 1 N–H and O–H groups in total. The minimum absolute atomic E-state index is 0.220. The third kappa shape index (κ3) is 3.41. The highest BCUT2D eigenvalue weighted by atomic mass is 16.4. The van der Waals surface area contributed by atoms with Crippen LogP contribution < -0.4 is 0 Å². The van der Waals surface area contributed by atoms with E-state index in [0.717, 1.165) is 51.4 Å². The van der Waals surface area contributed by atoms with Gasteiger partial charge in [0.1, 0.15) is 6.04 Å². The largest absolute Gasteiger partial charge is 0.480 e. The Labute approximate surface area is 127 Å². The third-order valence-corrected chi connectivity index (χ3v) is 5.66. The first-order valence-corrected chi connectivity index (χ1v) is 8.56. The van der Waals surface area contributed by atoms with Gasteiger partial charge in [-0.05, 0) is 71.8 Å². The molecule has 0 aliphatic carbocycles. The second-order valence-electron chi connectivity index (χ2n) is 7.06. The molecule has 3 fully saturated rings. The standard InChI is InChI=1S/C16H29N3O2/c1-17-8-2-4-14(12-17)18-10-6-13(7-11-18)19-9-3-5-15(19)16(20)21/h13-15H,2-12H2,1H3,(H,20,21). The summed E-state index contributed by atoms with van der Waals surface area (Å²) in [6, 6.07) is 0.993. The van der Waals surface area contributed by atoms with E-state index in [0.29, 0.717) is 6.04 Å². The Kier molecular flexibility index (Phi) is 4.82. The summed E-state index contributed by atoms with van der Waals surface area (Å²) in [4.78, 5) is 18.7. The zero-order chi connectivity index (χ0) is 14.8. The van der Waals surface area contributed by atoms with Crippen molar-refractivity contribution in [3.63, 3.8) is 0 Å². The number of piperidine rings is 2. The van der Waals surface area contributed by atoms with Crippen molar-refractivity contribution in [1.82, 2.24) is 14.7 Å². The molecule has 3 heterocycles. The molecule has 3 saturated heterocycles. The smallest absolute Gasteiger partial charge is 0.320 e. The molecule has 2 atom stereocenters. The summed E-state index contributed by atoms with van der Waals surface area (Å²) in [5, 5.41) is 9.34. The number of aliphatic carboxylic acids is 1. The molecule has 0 aromatic rings. The first-order chi connectivity index (χ1) is 10.1. The fourth-order valence-electron chi connectivity index (χ4n) is 4.51. The van der Waals surface area contributed by atoms with Crippen molar-refractivity contribution in [1.29, 1.82) is 0 Å². The van der Waals surface area contributed by atoms with Gasteiger partial charge in [0, 0.05) is 18.6 Å². The normalized spacial score (nSPS) is 34.3. The molecule has 0 aromatic carbocycles. The van der Waals surface area contributed by atoms with Gasteiger partial charge in [-0.1, -0.05) is 0 Å². The minimum atomic E-state index is -0.621. The number of hydrogen-bond acceptors (Lipinski definition) is 4. The maximum atomic E-state index is 11.3. The molecule has 0 amide bonds. The molecule has 0 bridgehead atoms. The lowest BCUT2D eigenvalue weighted by Crippen LogP contribution is -2.53. The summed E-state index contributed by atoms with van der Waals surface area (Å²) in [6.07, 6.45) is 6.81. The summed E-state index contributed by atoms with van der Waals surface area (Å²) in [7, 11) is 2.22. The highest BCUT2D eigenvalue weighted by Gasteiger charge is 2.37. The van der Waals surface area contributed by atoms with Gasteiger partial charge in [0.2, 0.25) is 0 Å². The average molecular weight is 295 g/mol. The second kappa shape index (κ2) is 6.63. The number of carbonyl (C=O) groups is 1. The number of carboxylic acids is 1. The number of carboxylic acid groups (broad SMARTS) is 1. The summed E-state index contributed by atoms with van der Waals surface area (Å²) in [6.45, 7) is 5.71. The van der Waals surface area contributed by atoms with E-state index in [-0.39, 0.29) is 6.04 Å². The molecule has 5 nitrogen and oxygen atoms in total. The van der Waals surface area contributed by atoms with Gasteiger partial charge in [-0.2, -0.15) is 0 Å². The van der Waals surface area contributed by atoms with Crippen LogP contribution in [0.1, 0.15) is 38.5 Å². The monoisotopic (exact) mass is 295 g/mol. The van der Waals surface area contributed by atoms with Crippen LogP contribution in [0.2, 0.25) is 0 Å². The Morgan fingerprint density at radius 1 is 0.952 bits per heavy atom. The predicted octanol–water partition coefficient (Wildman–Crippen LogP) is 1.09. The Bertz CT molecular complexity index is 369. The Balaban J connectivity index is 1.52. The molecule has 3 aliphatic rings. The van der Waals surface area contributed by atoms with Gasteiger partial charge in [-0.25, -0.2) is 0 Å². The number of rotatable bonds is 3. The van der Waals surface area contributed by atoms with Crippen LogP contribution in [0, 0.1) is 0 Å². The van der Waals surface area contributed by atoms with Crippen molar-refractivity contribution in [2.75, 3.05) is 39.8 Å². The van der Waals surface area contributed by atoms with E-state index in [4.69, 9.17) is 0 Å². The number of nitrogens with zero attached hydrogens (tertiary/aromatic N) is 3. The van der Waals surface area contributed by atoms with Crippen molar-refractivity contribution >= 4 is 5.97 Å². The van der Waals surface area contributed by atoms with E-state index in [9.17, 15) is 9.90 Å². The quantitative estimate of drug-likeness (QED) is 0.845. The average Bonchev–Trinajstić information content (AvgIpc) is 2.97. The minimum Gasteiger partial charge on any atom is -0.480 e. The van der Waals surface area contributed by atoms with E-state index in [2.05, 4.69) is 21.7 Å². The zero-order valence-electron chi connectivity index (χ0n) is 13.2. The van der Waals surface area contributed by atoms with Crippen molar-refractivity contribution in [2.45, 2.75) is 56.7 Å². The highest BCUT2D eigenvalue weighted by molar-refractivity contribution is 5.73. The maximum absolute atomic E-state index is 11.3. The Hall–Kier alpha value is -0.650. The van der Waals surface area contributed by atoms with E-state index >= 15 is 0 Å². The molecular weight excluding hydrogens is 266 g/mol. The first-order valence-electron chi connectivity index (χ1n) is 8.56. The van der Waals surface area contributed by atoms with Crippen molar-refractivity contribution in [2.24, 2.45) is 0 Å². The summed E-state index contributed by atoms with van der Waals surface area (Å²) in [5.41, 5.74) is 0. The summed E-state index contributed by atoms with van der Waals surface area (Å²) < 4.78 is 0. The van der Waals surface area contributed by atoms with Crippen LogP contribution in [0.5, 0.6) is 0 Å². The first kappa shape index (κ1) is 15.3. The molecule has 0 aromatic heterocycles. The van der Waals surface area contributed by atoms with Gasteiger partial charge in [0.15, 0.2) is 0 Å². The SMILES string of the molecule is CN1CCCC(N2CCC(N3CCCC3C(=O)O)CC2)C1.